The van der Waals surface area contributed by atoms with Crippen molar-refractivity contribution in [3.8, 4) is 0 Å². The maximum atomic E-state index is 11.2. The van der Waals surface area contributed by atoms with Crippen LogP contribution in [0.4, 0.5) is 5.69 Å². The minimum atomic E-state index is -0.173. The first-order valence-electron chi connectivity index (χ1n) is 5.73. The van der Waals surface area contributed by atoms with E-state index in [1.807, 2.05) is 18.2 Å². The molecule has 0 radical (unpaired) electrons. The van der Waals surface area contributed by atoms with Gasteiger partial charge in [0.25, 0.3) is 0 Å². The maximum Gasteiger partial charge on any atom is 0.323 e. The maximum absolute atomic E-state index is 11.2. The molecule has 1 atom stereocenters. The van der Waals surface area contributed by atoms with Crippen molar-refractivity contribution in [3.63, 3.8) is 0 Å². The first-order valence-corrected chi connectivity index (χ1v) is 6.67. The largest absolute Gasteiger partial charge is 0.378 e. The smallest absolute Gasteiger partial charge is 0.323 e. The highest BCUT2D eigenvalue weighted by molar-refractivity contribution is 7.07. The van der Waals surface area contributed by atoms with Crippen LogP contribution in [0.1, 0.15) is 18.5 Å². The average Bonchev–Trinajstić information content (AvgIpc) is 2.95. The zero-order valence-corrected chi connectivity index (χ0v) is 10.7. The molecule has 0 aliphatic heterocycles. The molecule has 18 heavy (non-hydrogen) atoms. The van der Waals surface area contributed by atoms with Crippen LogP contribution < -0.4 is 11.0 Å². The van der Waals surface area contributed by atoms with E-state index >= 15 is 0 Å². The van der Waals surface area contributed by atoms with Crippen molar-refractivity contribution in [2.75, 3.05) is 5.32 Å². The van der Waals surface area contributed by atoms with E-state index in [1.165, 1.54) is 5.56 Å². The number of rotatable bonds is 3. The van der Waals surface area contributed by atoms with Gasteiger partial charge in [-0.1, -0.05) is 0 Å². The lowest BCUT2D eigenvalue weighted by atomic mass is 10.1. The molecule has 1 unspecified atom stereocenters. The number of thiophene rings is 1. The van der Waals surface area contributed by atoms with Crippen LogP contribution in [0.15, 0.2) is 39.8 Å². The van der Waals surface area contributed by atoms with Gasteiger partial charge < -0.3 is 15.3 Å². The molecule has 4 nitrogen and oxygen atoms in total. The molecule has 0 amide bonds. The summed E-state index contributed by atoms with van der Waals surface area (Å²) < 4.78 is 0. The van der Waals surface area contributed by atoms with E-state index in [0.717, 1.165) is 16.7 Å². The van der Waals surface area contributed by atoms with Crippen LogP contribution in [0.3, 0.4) is 0 Å². The Kier molecular flexibility index (Phi) is 2.68. The average molecular weight is 259 g/mol. The molecule has 0 spiro atoms. The Morgan fingerprint density at radius 3 is 2.83 bits per heavy atom. The van der Waals surface area contributed by atoms with Crippen molar-refractivity contribution in [1.29, 1.82) is 0 Å². The third-order valence-electron chi connectivity index (χ3n) is 2.94. The van der Waals surface area contributed by atoms with Crippen LogP contribution in [0, 0.1) is 0 Å². The van der Waals surface area contributed by atoms with Gasteiger partial charge in [-0.3, -0.25) is 0 Å². The van der Waals surface area contributed by atoms with E-state index in [2.05, 4.69) is 39.0 Å². The molecule has 0 saturated carbocycles. The summed E-state index contributed by atoms with van der Waals surface area (Å²) in [4.78, 5) is 16.7. The summed E-state index contributed by atoms with van der Waals surface area (Å²) in [6.45, 7) is 2.12. The quantitative estimate of drug-likeness (QED) is 0.677. The second-order valence-corrected chi connectivity index (χ2v) is 5.04. The Hall–Kier alpha value is -2.01. The fraction of sp³-hybridized carbons (Fsp3) is 0.154. The lowest BCUT2D eigenvalue weighted by Gasteiger charge is -2.13. The Bertz CT molecular complexity index is 711. The molecular formula is C13H13N3OS. The molecule has 0 saturated heterocycles. The first kappa shape index (κ1) is 11.1. The summed E-state index contributed by atoms with van der Waals surface area (Å²) in [6.07, 6.45) is 0. The van der Waals surface area contributed by atoms with E-state index in [4.69, 9.17) is 0 Å². The highest BCUT2D eigenvalue weighted by Gasteiger charge is 2.06. The van der Waals surface area contributed by atoms with E-state index in [0.29, 0.717) is 0 Å². The van der Waals surface area contributed by atoms with Gasteiger partial charge in [0.1, 0.15) is 0 Å². The number of nitrogens with one attached hydrogen (secondary N) is 3. The zero-order chi connectivity index (χ0) is 12.5. The lowest BCUT2D eigenvalue weighted by molar-refractivity contribution is 0.891. The van der Waals surface area contributed by atoms with Gasteiger partial charge in [-0.25, -0.2) is 4.79 Å². The fourth-order valence-electron chi connectivity index (χ4n) is 1.98. The molecule has 0 aliphatic rings. The minimum Gasteiger partial charge on any atom is -0.378 e. The molecule has 3 rings (SSSR count). The van der Waals surface area contributed by atoms with Crippen molar-refractivity contribution in [2.24, 2.45) is 0 Å². The van der Waals surface area contributed by atoms with Crippen molar-refractivity contribution in [1.82, 2.24) is 9.97 Å². The molecular weight excluding hydrogens is 246 g/mol. The van der Waals surface area contributed by atoms with Crippen molar-refractivity contribution in [3.05, 3.63) is 51.1 Å². The number of imidazole rings is 1. The summed E-state index contributed by atoms with van der Waals surface area (Å²) in [5.41, 5.74) is 3.74. The molecule has 0 fully saturated rings. The highest BCUT2D eigenvalue weighted by atomic mass is 32.1. The summed E-state index contributed by atoms with van der Waals surface area (Å²) >= 11 is 1.69. The topological polar surface area (TPSA) is 60.7 Å². The number of anilines is 1. The fourth-order valence-corrected chi connectivity index (χ4v) is 2.73. The normalized spacial score (nSPS) is 12.7. The van der Waals surface area contributed by atoms with Crippen LogP contribution in [0.5, 0.6) is 0 Å². The van der Waals surface area contributed by atoms with Gasteiger partial charge in [0.2, 0.25) is 0 Å². The molecule has 2 heterocycles. The first-order chi connectivity index (χ1) is 8.72. The molecule has 3 aromatic rings. The van der Waals surface area contributed by atoms with Crippen LogP contribution in [-0.2, 0) is 0 Å². The molecule has 5 heteroatoms. The number of hydrogen-bond donors (Lipinski definition) is 3. The Morgan fingerprint density at radius 2 is 2.06 bits per heavy atom. The highest BCUT2D eigenvalue weighted by Crippen LogP contribution is 2.22. The van der Waals surface area contributed by atoms with Gasteiger partial charge in [-0.05, 0) is 47.5 Å². The van der Waals surface area contributed by atoms with E-state index in [9.17, 15) is 4.79 Å². The minimum absolute atomic E-state index is 0.173. The molecule has 0 aliphatic carbocycles. The molecule has 3 N–H and O–H groups in total. The second kappa shape index (κ2) is 4.34. The predicted molar refractivity (Wildman–Crippen MR) is 75.3 cm³/mol. The van der Waals surface area contributed by atoms with Gasteiger partial charge >= 0.3 is 5.69 Å². The Morgan fingerprint density at radius 1 is 1.22 bits per heavy atom. The van der Waals surface area contributed by atoms with Gasteiger partial charge in [0.05, 0.1) is 11.0 Å². The summed E-state index contributed by atoms with van der Waals surface area (Å²) in [7, 11) is 0. The van der Waals surface area contributed by atoms with Crippen LogP contribution >= 0.6 is 11.3 Å². The van der Waals surface area contributed by atoms with E-state index in [-0.39, 0.29) is 11.7 Å². The summed E-state index contributed by atoms with van der Waals surface area (Å²) in [5.74, 6) is 0. The SMILES string of the molecule is CC(Nc1ccc2[nH]c(=O)[nH]c2c1)c1ccsc1. The number of aromatic amines is 2. The number of benzene rings is 1. The molecule has 1 aromatic carbocycles. The predicted octanol–water partition coefficient (Wildman–Crippen LogP) is 3.09. The van der Waals surface area contributed by atoms with Gasteiger partial charge in [0, 0.05) is 11.7 Å². The Labute approximate surface area is 108 Å². The van der Waals surface area contributed by atoms with Crippen molar-refractivity contribution in [2.45, 2.75) is 13.0 Å². The molecule has 92 valence electrons. The zero-order valence-electron chi connectivity index (χ0n) is 9.86. The number of fused-ring (bicyclic) bond motifs is 1. The van der Waals surface area contributed by atoms with Gasteiger partial charge in [-0.15, -0.1) is 0 Å². The number of aromatic nitrogens is 2. The van der Waals surface area contributed by atoms with E-state index in [1.54, 1.807) is 11.3 Å². The Balaban J connectivity index is 1.88. The lowest BCUT2D eigenvalue weighted by Crippen LogP contribution is -2.05. The summed E-state index contributed by atoms with van der Waals surface area (Å²) in [5, 5.41) is 7.62. The second-order valence-electron chi connectivity index (χ2n) is 4.26. The standard InChI is InChI=1S/C13H13N3OS/c1-8(9-4-5-18-7-9)14-10-2-3-11-12(6-10)16-13(17)15-11/h2-8,14H,1H3,(H2,15,16,17). The van der Waals surface area contributed by atoms with Gasteiger partial charge in [-0.2, -0.15) is 11.3 Å². The van der Waals surface area contributed by atoms with Crippen molar-refractivity contribution < 1.29 is 0 Å². The monoisotopic (exact) mass is 259 g/mol. The molecule has 0 bridgehead atoms. The van der Waals surface area contributed by atoms with E-state index < -0.39 is 0 Å². The van der Waals surface area contributed by atoms with Crippen LogP contribution in [0.2, 0.25) is 0 Å². The van der Waals surface area contributed by atoms with Crippen molar-refractivity contribution >= 4 is 28.1 Å². The third-order valence-corrected chi connectivity index (χ3v) is 3.64. The van der Waals surface area contributed by atoms with Crippen LogP contribution in [-0.4, -0.2) is 9.97 Å². The number of hydrogen-bond acceptors (Lipinski definition) is 3. The molecule has 2 aromatic heterocycles. The van der Waals surface area contributed by atoms with Gasteiger partial charge in [0.15, 0.2) is 0 Å². The third kappa shape index (κ3) is 2.04. The summed E-state index contributed by atoms with van der Waals surface area (Å²) in [6, 6.07) is 8.17. The number of H-pyrrole nitrogens is 2. The van der Waals surface area contributed by atoms with Crippen LogP contribution in [0.25, 0.3) is 11.0 Å².